The third-order valence-electron chi connectivity index (χ3n) is 4.13. The zero-order valence-electron chi connectivity index (χ0n) is 14.7. The van der Waals surface area contributed by atoms with Gasteiger partial charge in [-0.2, -0.15) is 0 Å². The highest BCUT2D eigenvalue weighted by Crippen LogP contribution is 2.30. The average Bonchev–Trinajstić information content (AvgIpc) is 2.87. The van der Waals surface area contributed by atoms with Crippen molar-refractivity contribution in [3.63, 3.8) is 0 Å². The van der Waals surface area contributed by atoms with E-state index >= 15 is 0 Å². The van der Waals surface area contributed by atoms with Crippen molar-refractivity contribution in [3.8, 4) is 0 Å². The van der Waals surface area contributed by atoms with Gasteiger partial charge in [-0.05, 0) is 42.3 Å². The number of carbonyl (C=O) groups excluding carboxylic acids is 2. The molecule has 0 unspecified atom stereocenters. The van der Waals surface area contributed by atoms with Crippen molar-refractivity contribution in [2.45, 2.75) is 6.42 Å². The molecule has 0 aromatic heterocycles. The van der Waals surface area contributed by atoms with Gasteiger partial charge >= 0.3 is 0 Å². The van der Waals surface area contributed by atoms with Crippen LogP contribution in [0.2, 0.25) is 0 Å². The lowest BCUT2D eigenvalue weighted by Crippen LogP contribution is -2.33. The first-order chi connectivity index (χ1) is 13.0. The van der Waals surface area contributed by atoms with Crippen molar-refractivity contribution in [2.75, 3.05) is 25.6 Å². The largest absolute Gasteiger partial charge is 0.385 e. The summed E-state index contributed by atoms with van der Waals surface area (Å²) >= 11 is 0. The van der Waals surface area contributed by atoms with Crippen LogP contribution in [-0.4, -0.2) is 37.0 Å². The molecule has 1 aliphatic heterocycles. The van der Waals surface area contributed by atoms with Gasteiger partial charge in [-0.3, -0.25) is 14.5 Å². The predicted molar refractivity (Wildman–Crippen MR) is 96.6 cm³/mol. The van der Waals surface area contributed by atoms with Gasteiger partial charge in [0.15, 0.2) is 0 Å². The van der Waals surface area contributed by atoms with E-state index in [0.717, 1.165) is 4.90 Å². The molecule has 0 spiro atoms. The summed E-state index contributed by atoms with van der Waals surface area (Å²) < 4.78 is 31.7. The molecule has 0 atom stereocenters. The Morgan fingerprint density at radius 1 is 1.00 bits per heavy atom. The molecule has 27 heavy (non-hydrogen) atoms. The zero-order valence-corrected chi connectivity index (χ0v) is 14.7. The van der Waals surface area contributed by atoms with Gasteiger partial charge in [-0.25, -0.2) is 8.78 Å². The second-order valence-corrected chi connectivity index (χ2v) is 6.00. The summed E-state index contributed by atoms with van der Waals surface area (Å²) in [5.74, 6) is -1.92. The van der Waals surface area contributed by atoms with Crippen LogP contribution in [0.3, 0.4) is 0 Å². The fraction of sp³-hybridized carbons (Fsp3) is 0.200. The molecule has 0 fully saturated rings. The highest BCUT2D eigenvalue weighted by Gasteiger charge is 2.38. The number of hydrogen-bond acceptors (Lipinski definition) is 4. The van der Waals surface area contributed by atoms with Crippen LogP contribution in [0.5, 0.6) is 0 Å². The smallest absolute Gasteiger partial charge is 0.278 e. The molecular formula is C20H18F2N2O3. The lowest BCUT2D eigenvalue weighted by Gasteiger charge is -2.15. The number of rotatable bonds is 7. The van der Waals surface area contributed by atoms with Crippen LogP contribution in [-0.2, 0) is 14.3 Å². The summed E-state index contributed by atoms with van der Waals surface area (Å²) in [5, 5.41) is 2.85. The Kier molecular flexibility index (Phi) is 5.61. The molecule has 1 heterocycles. The molecule has 2 aromatic rings. The molecule has 0 radical (unpaired) electrons. The summed E-state index contributed by atoms with van der Waals surface area (Å²) in [6, 6.07) is 10.9. The number of anilines is 1. The maximum absolute atomic E-state index is 13.5. The highest BCUT2D eigenvalue weighted by atomic mass is 19.1. The van der Waals surface area contributed by atoms with Gasteiger partial charge in [0.05, 0.1) is 5.57 Å². The molecule has 0 bridgehead atoms. The van der Waals surface area contributed by atoms with E-state index in [4.69, 9.17) is 4.74 Å². The minimum Gasteiger partial charge on any atom is -0.385 e. The number of carbonyl (C=O) groups is 2. The van der Waals surface area contributed by atoms with Gasteiger partial charge in [-0.1, -0.05) is 18.2 Å². The summed E-state index contributed by atoms with van der Waals surface area (Å²) in [5.41, 5.74) is 0.906. The third kappa shape index (κ3) is 4.03. The van der Waals surface area contributed by atoms with Crippen LogP contribution in [0, 0.1) is 11.6 Å². The number of imide groups is 1. The normalized spacial score (nSPS) is 14.3. The molecule has 1 aliphatic rings. The van der Waals surface area contributed by atoms with Crippen molar-refractivity contribution >= 4 is 23.1 Å². The van der Waals surface area contributed by atoms with Crippen LogP contribution < -0.4 is 5.32 Å². The van der Waals surface area contributed by atoms with Crippen molar-refractivity contribution in [1.82, 2.24) is 4.90 Å². The van der Waals surface area contributed by atoms with E-state index in [9.17, 15) is 18.4 Å². The zero-order chi connectivity index (χ0) is 19.4. The highest BCUT2D eigenvalue weighted by molar-refractivity contribution is 6.36. The first-order valence-electron chi connectivity index (χ1n) is 8.39. The van der Waals surface area contributed by atoms with E-state index in [-0.39, 0.29) is 17.8 Å². The molecule has 2 amide bonds. The van der Waals surface area contributed by atoms with Gasteiger partial charge in [0.25, 0.3) is 11.8 Å². The van der Waals surface area contributed by atoms with E-state index in [2.05, 4.69) is 5.32 Å². The second kappa shape index (κ2) is 8.09. The fourth-order valence-electron chi connectivity index (χ4n) is 2.86. The third-order valence-corrected chi connectivity index (χ3v) is 4.13. The van der Waals surface area contributed by atoms with Crippen LogP contribution in [0.15, 0.2) is 54.2 Å². The number of halogens is 2. The molecule has 5 nitrogen and oxygen atoms in total. The van der Waals surface area contributed by atoms with Crippen molar-refractivity contribution < 1.29 is 23.1 Å². The molecular weight excluding hydrogens is 354 g/mol. The monoisotopic (exact) mass is 372 g/mol. The molecule has 140 valence electrons. The van der Waals surface area contributed by atoms with E-state index < -0.39 is 23.4 Å². The number of amides is 2. The summed E-state index contributed by atoms with van der Waals surface area (Å²) in [7, 11) is 1.53. The number of methoxy groups -OCH3 is 1. The average molecular weight is 372 g/mol. The van der Waals surface area contributed by atoms with Crippen LogP contribution in [0.25, 0.3) is 5.57 Å². The quantitative estimate of drug-likeness (QED) is 0.599. The molecule has 1 N–H and O–H groups in total. The number of benzene rings is 2. The molecule has 0 aliphatic carbocycles. The van der Waals surface area contributed by atoms with Gasteiger partial charge in [0, 0.05) is 25.9 Å². The maximum Gasteiger partial charge on any atom is 0.278 e. The van der Waals surface area contributed by atoms with Crippen LogP contribution in [0.4, 0.5) is 14.5 Å². The molecule has 0 saturated carbocycles. The van der Waals surface area contributed by atoms with Gasteiger partial charge in [0.1, 0.15) is 17.3 Å². The van der Waals surface area contributed by atoms with Crippen molar-refractivity contribution in [3.05, 3.63) is 71.4 Å². The second-order valence-electron chi connectivity index (χ2n) is 6.00. The summed E-state index contributed by atoms with van der Waals surface area (Å²) in [4.78, 5) is 26.8. The Labute approximate surface area is 155 Å². The first-order valence-corrected chi connectivity index (χ1v) is 8.39. The maximum atomic E-state index is 13.5. The Balaban J connectivity index is 1.99. The Morgan fingerprint density at radius 2 is 1.74 bits per heavy atom. The Hall–Kier alpha value is -3.06. The topological polar surface area (TPSA) is 58.6 Å². The van der Waals surface area contributed by atoms with E-state index in [1.165, 1.54) is 49.6 Å². The van der Waals surface area contributed by atoms with Gasteiger partial charge in [0.2, 0.25) is 0 Å². The lowest BCUT2D eigenvalue weighted by molar-refractivity contribution is -0.136. The lowest BCUT2D eigenvalue weighted by atomic mass is 10.0. The van der Waals surface area contributed by atoms with Crippen molar-refractivity contribution in [2.24, 2.45) is 0 Å². The van der Waals surface area contributed by atoms with Gasteiger partial charge in [-0.15, -0.1) is 0 Å². The Morgan fingerprint density at radius 3 is 2.41 bits per heavy atom. The first kappa shape index (κ1) is 18.7. The van der Waals surface area contributed by atoms with E-state index in [1.54, 1.807) is 6.07 Å². The number of nitrogens with one attached hydrogen (secondary N) is 1. The Bertz CT molecular complexity index is 894. The fourth-order valence-corrected chi connectivity index (χ4v) is 2.86. The molecule has 3 rings (SSSR count). The predicted octanol–water partition coefficient (Wildman–Crippen LogP) is 3.19. The van der Waals surface area contributed by atoms with Crippen LogP contribution in [0.1, 0.15) is 12.0 Å². The van der Waals surface area contributed by atoms with Crippen LogP contribution >= 0.6 is 0 Å². The number of hydrogen-bond donors (Lipinski definition) is 1. The standard InChI is InChI=1S/C20H18F2N2O3/c1-27-11-3-10-24-19(25)17(13-6-8-14(21)9-7-13)18(20(24)26)23-16-5-2-4-15(22)12-16/h2,4-9,12,23H,3,10-11H2,1H3. The van der Waals surface area contributed by atoms with E-state index in [1.807, 2.05) is 0 Å². The van der Waals surface area contributed by atoms with E-state index in [0.29, 0.717) is 24.3 Å². The van der Waals surface area contributed by atoms with Gasteiger partial charge < -0.3 is 10.1 Å². The summed E-state index contributed by atoms with van der Waals surface area (Å²) in [6.45, 7) is 0.583. The number of ether oxygens (including phenoxy) is 1. The SMILES string of the molecule is COCCCN1C(=O)C(Nc2cccc(F)c2)=C(c2ccc(F)cc2)C1=O. The summed E-state index contributed by atoms with van der Waals surface area (Å²) in [6.07, 6.45) is 0.484. The molecule has 0 saturated heterocycles. The number of nitrogens with zero attached hydrogens (tertiary/aromatic N) is 1. The molecule has 7 heteroatoms. The minimum absolute atomic E-state index is 0.0367. The minimum atomic E-state index is -0.514. The van der Waals surface area contributed by atoms with Crippen molar-refractivity contribution in [1.29, 1.82) is 0 Å². The molecule has 2 aromatic carbocycles.